The fourth-order valence-corrected chi connectivity index (χ4v) is 2.11. The first-order valence-corrected chi connectivity index (χ1v) is 5.69. The van der Waals surface area contributed by atoms with Crippen LogP contribution in [0.15, 0.2) is 0 Å². The minimum Gasteiger partial charge on any atom is -0.396 e. The van der Waals surface area contributed by atoms with Crippen molar-refractivity contribution in [2.24, 2.45) is 16.2 Å². The molecule has 0 aromatic rings. The molecule has 0 radical (unpaired) electrons. The Kier molecular flexibility index (Phi) is 4.21. The highest BCUT2D eigenvalue weighted by Crippen LogP contribution is 2.48. The van der Waals surface area contributed by atoms with Crippen LogP contribution in [-0.2, 0) is 0 Å². The first kappa shape index (κ1) is 14.0. The van der Waals surface area contributed by atoms with Gasteiger partial charge in [0.25, 0.3) is 0 Å². The quantitative estimate of drug-likeness (QED) is 0.730. The predicted octanol–water partition coefficient (Wildman–Crippen LogP) is 3.86. The Morgan fingerprint density at radius 3 is 1.57 bits per heavy atom. The Bertz CT molecular complexity index is 176. The van der Waals surface area contributed by atoms with Crippen molar-refractivity contribution >= 4 is 0 Å². The second-order valence-electron chi connectivity index (χ2n) is 6.69. The summed E-state index contributed by atoms with van der Waals surface area (Å²) in [6, 6.07) is 0. The van der Waals surface area contributed by atoms with E-state index in [1.807, 2.05) is 0 Å². The molecular formula is C13H28O. The molecule has 0 aliphatic rings. The van der Waals surface area contributed by atoms with Gasteiger partial charge >= 0.3 is 0 Å². The van der Waals surface area contributed by atoms with Crippen LogP contribution >= 0.6 is 0 Å². The lowest BCUT2D eigenvalue weighted by Crippen LogP contribution is -2.41. The van der Waals surface area contributed by atoms with Crippen LogP contribution in [0.3, 0.4) is 0 Å². The lowest BCUT2D eigenvalue weighted by Gasteiger charge is -2.46. The average Bonchev–Trinajstić information content (AvgIpc) is 2.01. The zero-order chi connectivity index (χ0) is 11.6. The van der Waals surface area contributed by atoms with Crippen molar-refractivity contribution in [2.45, 2.75) is 61.3 Å². The third kappa shape index (κ3) is 3.27. The van der Waals surface area contributed by atoms with Gasteiger partial charge in [-0.25, -0.2) is 0 Å². The Morgan fingerprint density at radius 2 is 1.36 bits per heavy atom. The SMILES string of the molecule is CCC(C)(C)C(C)(CO)CC(C)(C)C. The topological polar surface area (TPSA) is 20.2 Å². The molecule has 0 aromatic carbocycles. The zero-order valence-corrected chi connectivity index (χ0v) is 11.1. The van der Waals surface area contributed by atoms with E-state index in [0.29, 0.717) is 0 Å². The molecule has 0 heterocycles. The molecule has 0 fully saturated rings. The molecule has 1 unspecified atom stereocenters. The minimum absolute atomic E-state index is 0.0278. The summed E-state index contributed by atoms with van der Waals surface area (Å²) >= 11 is 0. The molecule has 0 aromatic heterocycles. The first-order chi connectivity index (χ1) is 6.08. The molecule has 1 N–H and O–H groups in total. The molecule has 0 saturated heterocycles. The molecule has 0 amide bonds. The van der Waals surface area contributed by atoms with Crippen molar-refractivity contribution in [3.8, 4) is 0 Å². The molecule has 0 aliphatic heterocycles. The normalized spacial score (nSPS) is 18.0. The largest absolute Gasteiger partial charge is 0.396 e. The Morgan fingerprint density at radius 1 is 0.929 bits per heavy atom. The van der Waals surface area contributed by atoms with E-state index in [4.69, 9.17) is 0 Å². The van der Waals surface area contributed by atoms with Crippen LogP contribution in [0.25, 0.3) is 0 Å². The van der Waals surface area contributed by atoms with Gasteiger partial charge in [0.15, 0.2) is 0 Å². The summed E-state index contributed by atoms with van der Waals surface area (Å²) in [7, 11) is 0. The second-order valence-corrected chi connectivity index (χ2v) is 6.69. The highest BCUT2D eigenvalue weighted by atomic mass is 16.3. The summed E-state index contributed by atoms with van der Waals surface area (Å²) in [5.74, 6) is 0. The molecule has 0 rings (SSSR count). The smallest absolute Gasteiger partial charge is 0.0490 e. The van der Waals surface area contributed by atoms with Crippen molar-refractivity contribution in [2.75, 3.05) is 6.61 Å². The molecule has 0 aliphatic carbocycles. The van der Waals surface area contributed by atoms with E-state index in [2.05, 4.69) is 48.5 Å². The average molecular weight is 200 g/mol. The van der Waals surface area contributed by atoms with E-state index in [1.165, 1.54) is 0 Å². The Labute approximate surface area is 89.9 Å². The van der Waals surface area contributed by atoms with E-state index in [-0.39, 0.29) is 22.9 Å². The highest BCUT2D eigenvalue weighted by molar-refractivity contribution is 4.91. The van der Waals surface area contributed by atoms with Gasteiger partial charge in [0.2, 0.25) is 0 Å². The van der Waals surface area contributed by atoms with Gasteiger partial charge in [-0.15, -0.1) is 0 Å². The number of hydrogen-bond acceptors (Lipinski definition) is 1. The maximum absolute atomic E-state index is 9.62. The van der Waals surface area contributed by atoms with Gasteiger partial charge in [-0.05, 0) is 22.7 Å². The number of hydrogen-bond donors (Lipinski definition) is 1. The molecule has 0 bridgehead atoms. The van der Waals surface area contributed by atoms with E-state index in [1.54, 1.807) is 0 Å². The molecule has 1 nitrogen and oxygen atoms in total. The maximum Gasteiger partial charge on any atom is 0.0490 e. The molecule has 1 atom stereocenters. The molecular weight excluding hydrogens is 172 g/mol. The van der Waals surface area contributed by atoms with Crippen molar-refractivity contribution in [1.29, 1.82) is 0 Å². The third-order valence-electron chi connectivity index (χ3n) is 3.79. The van der Waals surface area contributed by atoms with Gasteiger partial charge in [-0.1, -0.05) is 54.9 Å². The van der Waals surface area contributed by atoms with Crippen molar-refractivity contribution in [3.63, 3.8) is 0 Å². The van der Waals surface area contributed by atoms with E-state index in [0.717, 1.165) is 12.8 Å². The van der Waals surface area contributed by atoms with Crippen LogP contribution in [-0.4, -0.2) is 11.7 Å². The zero-order valence-electron chi connectivity index (χ0n) is 11.1. The standard InChI is InChI=1S/C13H28O/c1-8-12(5,6)13(7,10-14)9-11(2,3)4/h14H,8-10H2,1-7H3. The van der Waals surface area contributed by atoms with Crippen LogP contribution in [0.1, 0.15) is 61.3 Å². The summed E-state index contributed by atoms with van der Waals surface area (Å²) in [4.78, 5) is 0. The minimum atomic E-state index is 0.0278. The first-order valence-electron chi connectivity index (χ1n) is 5.69. The van der Waals surface area contributed by atoms with Gasteiger partial charge in [0.05, 0.1) is 0 Å². The second kappa shape index (κ2) is 4.22. The summed E-state index contributed by atoms with van der Waals surface area (Å²) in [5, 5.41) is 9.62. The number of aliphatic hydroxyl groups is 1. The monoisotopic (exact) mass is 200 g/mol. The lowest BCUT2D eigenvalue weighted by molar-refractivity contribution is -0.0164. The van der Waals surface area contributed by atoms with Gasteiger partial charge in [-0.3, -0.25) is 0 Å². The summed E-state index contributed by atoms with van der Waals surface area (Å²) in [6.45, 7) is 15.9. The Balaban J connectivity index is 4.81. The van der Waals surface area contributed by atoms with Crippen LogP contribution in [0.5, 0.6) is 0 Å². The fraction of sp³-hybridized carbons (Fsp3) is 1.00. The summed E-state index contributed by atoms with van der Waals surface area (Å²) in [6.07, 6.45) is 2.18. The van der Waals surface area contributed by atoms with Gasteiger partial charge < -0.3 is 5.11 Å². The van der Waals surface area contributed by atoms with E-state index in [9.17, 15) is 5.11 Å². The maximum atomic E-state index is 9.62. The molecule has 86 valence electrons. The summed E-state index contributed by atoms with van der Waals surface area (Å²) < 4.78 is 0. The Hall–Kier alpha value is -0.0400. The molecule has 0 saturated carbocycles. The highest BCUT2D eigenvalue weighted by Gasteiger charge is 2.41. The van der Waals surface area contributed by atoms with E-state index < -0.39 is 0 Å². The summed E-state index contributed by atoms with van der Waals surface area (Å²) in [5.41, 5.74) is 0.513. The molecule has 1 heteroatoms. The van der Waals surface area contributed by atoms with Gasteiger partial charge in [0.1, 0.15) is 0 Å². The number of rotatable bonds is 4. The molecule has 0 spiro atoms. The van der Waals surface area contributed by atoms with Gasteiger partial charge in [-0.2, -0.15) is 0 Å². The van der Waals surface area contributed by atoms with Crippen LogP contribution in [0, 0.1) is 16.2 Å². The van der Waals surface area contributed by atoms with Crippen molar-refractivity contribution in [3.05, 3.63) is 0 Å². The number of aliphatic hydroxyl groups excluding tert-OH is 1. The van der Waals surface area contributed by atoms with E-state index >= 15 is 0 Å². The molecule has 14 heavy (non-hydrogen) atoms. The third-order valence-corrected chi connectivity index (χ3v) is 3.79. The van der Waals surface area contributed by atoms with Gasteiger partial charge in [0, 0.05) is 6.61 Å². The van der Waals surface area contributed by atoms with Crippen LogP contribution < -0.4 is 0 Å². The predicted molar refractivity (Wildman–Crippen MR) is 63.3 cm³/mol. The van der Waals surface area contributed by atoms with Crippen LogP contribution in [0.4, 0.5) is 0 Å². The fourth-order valence-electron chi connectivity index (χ4n) is 2.11. The van der Waals surface area contributed by atoms with Crippen molar-refractivity contribution < 1.29 is 5.11 Å². The lowest BCUT2D eigenvalue weighted by atomic mass is 9.60. The van der Waals surface area contributed by atoms with Crippen LogP contribution in [0.2, 0.25) is 0 Å². The van der Waals surface area contributed by atoms with Crippen molar-refractivity contribution in [1.82, 2.24) is 0 Å².